The number of hydrogen-bond acceptors (Lipinski definition) is 4. The van der Waals surface area contributed by atoms with Gasteiger partial charge in [-0.1, -0.05) is 30.3 Å². The summed E-state index contributed by atoms with van der Waals surface area (Å²) in [6.45, 7) is 0.559. The largest absolute Gasteiger partial charge is 0.382 e. The van der Waals surface area contributed by atoms with Gasteiger partial charge in [-0.3, -0.25) is 9.48 Å². The molecule has 1 aromatic carbocycles. The summed E-state index contributed by atoms with van der Waals surface area (Å²) in [7, 11) is 3.45. The molecule has 7 heteroatoms. The number of aryl methyl sites for hydroxylation is 1. The minimum absolute atomic E-state index is 0.113. The number of amides is 1. The van der Waals surface area contributed by atoms with Crippen molar-refractivity contribution in [1.29, 1.82) is 0 Å². The summed E-state index contributed by atoms with van der Waals surface area (Å²) in [4.78, 5) is 16.9. The first-order chi connectivity index (χ1) is 12.2. The second-order valence-corrected chi connectivity index (χ2v) is 5.70. The van der Waals surface area contributed by atoms with Crippen LogP contribution < -0.4 is 5.32 Å². The Balaban J connectivity index is 1.72. The normalized spacial score (nSPS) is 12.1. The van der Waals surface area contributed by atoms with Crippen LogP contribution in [-0.4, -0.2) is 39.0 Å². The van der Waals surface area contributed by atoms with E-state index in [0.29, 0.717) is 6.61 Å². The number of hydrogen-bond donors (Lipinski definition) is 1. The minimum Gasteiger partial charge on any atom is -0.382 e. The average molecular weight is 339 g/mol. The number of nitrogens with one attached hydrogen (secondary N) is 1. The molecule has 0 unspecified atom stereocenters. The van der Waals surface area contributed by atoms with Gasteiger partial charge >= 0.3 is 0 Å². The zero-order valence-corrected chi connectivity index (χ0v) is 14.3. The highest BCUT2D eigenvalue weighted by Gasteiger charge is 2.18. The molecule has 2 aromatic heterocycles. The Labute approximate surface area is 146 Å². The maximum absolute atomic E-state index is 12.5. The first-order valence-corrected chi connectivity index (χ1v) is 8.02. The van der Waals surface area contributed by atoms with Crippen LogP contribution in [0.2, 0.25) is 0 Å². The lowest BCUT2D eigenvalue weighted by molar-refractivity contribution is -0.122. The molecule has 0 spiro atoms. The molecule has 0 bridgehead atoms. The van der Waals surface area contributed by atoms with E-state index in [9.17, 15) is 4.79 Å². The van der Waals surface area contributed by atoms with Crippen molar-refractivity contribution in [1.82, 2.24) is 24.6 Å². The van der Waals surface area contributed by atoms with E-state index in [2.05, 4.69) is 15.4 Å². The van der Waals surface area contributed by atoms with Gasteiger partial charge in [0.05, 0.1) is 18.3 Å². The number of carbonyl (C=O) groups excluding carboxylic acids is 1. The minimum atomic E-state index is -0.256. The molecule has 7 nitrogen and oxygen atoms in total. The van der Waals surface area contributed by atoms with Gasteiger partial charge in [0, 0.05) is 38.3 Å². The molecule has 25 heavy (non-hydrogen) atoms. The van der Waals surface area contributed by atoms with Crippen LogP contribution in [0, 0.1) is 0 Å². The first-order valence-electron chi connectivity index (χ1n) is 8.02. The molecule has 1 amide bonds. The summed E-state index contributed by atoms with van der Waals surface area (Å²) in [5.41, 5.74) is 1.87. The van der Waals surface area contributed by atoms with Crippen LogP contribution in [0.4, 0.5) is 0 Å². The predicted molar refractivity (Wildman–Crippen MR) is 93.6 cm³/mol. The summed E-state index contributed by atoms with van der Waals surface area (Å²) in [6.07, 6.45) is 5.20. The van der Waals surface area contributed by atoms with Crippen LogP contribution >= 0.6 is 0 Å². The van der Waals surface area contributed by atoms with Crippen molar-refractivity contribution in [3.8, 4) is 11.4 Å². The molecule has 1 atom stereocenters. The highest BCUT2D eigenvalue weighted by atomic mass is 16.5. The molecule has 0 saturated carbocycles. The maximum atomic E-state index is 12.5. The van der Waals surface area contributed by atoms with Crippen molar-refractivity contribution in [3.05, 3.63) is 60.7 Å². The van der Waals surface area contributed by atoms with E-state index in [1.807, 2.05) is 48.0 Å². The van der Waals surface area contributed by atoms with Crippen molar-refractivity contribution in [3.63, 3.8) is 0 Å². The van der Waals surface area contributed by atoms with E-state index in [1.165, 1.54) is 0 Å². The summed E-state index contributed by atoms with van der Waals surface area (Å²) in [6, 6.07) is 11.4. The maximum Gasteiger partial charge on any atom is 0.240 e. The van der Waals surface area contributed by atoms with E-state index in [0.717, 1.165) is 17.1 Å². The number of benzene rings is 1. The van der Waals surface area contributed by atoms with Gasteiger partial charge in [-0.25, -0.2) is 4.98 Å². The van der Waals surface area contributed by atoms with Gasteiger partial charge in [-0.05, 0) is 6.07 Å². The average Bonchev–Trinajstić information content (AvgIpc) is 3.24. The monoisotopic (exact) mass is 339 g/mol. The van der Waals surface area contributed by atoms with Gasteiger partial charge < -0.3 is 14.6 Å². The second-order valence-electron chi connectivity index (χ2n) is 5.70. The van der Waals surface area contributed by atoms with Crippen LogP contribution in [0.1, 0.15) is 11.7 Å². The van der Waals surface area contributed by atoms with Crippen LogP contribution in [-0.2, 0) is 23.1 Å². The Morgan fingerprint density at radius 2 is 2.04 bits per heavy atom. The van der Waals surface area contributed by atoms with Crippen LogP contribution in [0.5, 0.6) is 0 Å². The number of rotatable bonds is 7. The molecule has 3 rings (SSSR count). The van der Waals surface area contributed by atoms with Crippen molar-refractivity contribution in [2.75, 3.05) is 13.7 Å². The molecule has 130 valence electrons. The van der Waals surface area contributed by atoms with E-state index >= 15 is 0 Å². The summed E-state index contributed by atoms with van der Waals surface area (Å²) >= 11 is 0. The molecule has 0 fully saturated rings. The third-order valence-corrected chi connectivity index (χ3v) is 3.95. The quantitative estimate of drug-likeness (QED) is 0.712. The highest BCUT2D eigenvalue weighted by molar-refractivity contribution is 5.77. The standard InChI is InChI=1S/C18H21N5O2/c1-22-16(8-9-20-22)15(13-25-2)21-17(24)12-23-11-10-19-18(23)14-6-4-3-5-7-14/h3-11,15H,12-13H2,1-2H3,(H,21,24)/t15-/m1/s1. The first kappa shape index (κ1) is 16.9. The van der Waals surface area contributed by atoms with Crippen molar-refractivity contribution in [2.45, 2.75) is 12.6 Å². The number of nitrogens with zero attached hydrogens (tertiary/aromatic N) is 4. The lowest BCUT2D eigenvalue weighted by Gasteiger charge is -2.19. The predicted octanol–water partition coefficient (Wildman–Crippen LogP) is 1.79. The van der Waals surface area contributed by atoms with Crippen molar-refractivity contribution < 1.29 is 9.53 Å². The fraction of sp³-hybridized carbons (Fsp3) is 0.278. The molecule has 1 N–H and O–H groups in total. The van der Waals surface area contributed by atoms with Gasteiger partial charge in [0.15, 0.2) is 0 Å². The van der Waals surface area contributed by atoms with E-state index in [-0.39, 0.29) is 18.5 Å². The van der Waals surface area contributed by atoms with Gasteiger partial charge in [-0.15, -0.1) is 0 Å². The SMILES string of the molecule is COC[C@@H](NC(=O)Cn1ccnc1-c1ccccc1)c1ccnn1C. The van der Waals surface area contributed by atoms with Crippen LogP contribution in [0.3, 0.4) is 0 Å². The Morgan fingerprint density at radius 3 is 2.72 bits per heavy atom. The van der Waals surface area contributed by atoms with Gasteiger partial charge in [0.1, 0.15) is 12.4 Å². The summed E-state index contributed by atoms with van der Waals surface area (Å²) in [5.74, 6) is 0.651. The fourth-order valence-corrected chi connectivity index (χ4v) is 2.77. The van der Waals surface area contributed by atoms with Gasteiger partial charge in [0.25, 0.3) is 0 Å². The molecular weight excluding hydrogens is 318 g/mol. The zero-order valence-electron chi connectivity index (χ0n) is 14.3. The topological polar surface area (TPSA) is 74.0 Å². The van der Waals surface area contributed by atoms with Crippen molar-refractivity contribution in [2.24, 2.45) is 7.05 Å². The molecule has 0 aliphatic rings. The van der Waals surface area contributed by atoms with Crippen LogP contribution in [0.15, 0.2) is 55.0 Å². The summed E-state index contributed by atoms with van der Waals surface area (Å²) in [5, 5.41) is 7.16. The Bertz CT molecular complexity index is 825. The van der Waals surface area contributed by atoms with Crippen LogP contribution in [0.25, 0.3) is 11.4 Å². The smallest absolute Gasteiger partial charge is 0.240 e. The molecule has 0 radical (unpaired) electrons. The molecule has 0 aliphatic heterocycles. The van der Waals surface area contributed by atoms with Crippen molar-refractivity contribution >= 4 is 5.91 Å². The fourth-order valence-electron chi connectivity index (χ4n) is 2.77. The zero-order chi connectivity index (χ0) is 17.6. The molecule has 0 saturated heterocycles. The molecule has 2 heterocycles. The Morgan fingerprint density at radius 1 is 1.24 bits per heavy atom. The van der Waals surface area contributed by atoms with E-state index in [1.54, 1.807) is 30.4 Å². The highest BCUT2D eigenvalue weighted by Crippen LogP contribution is 2.17. The summed E-state index contributed by atoms with van der Waals surface area (Å²) < 4.78 is 8.80. The van der Waals surface area contributed by atoms with Gasteiger partial charge in [0.2, 0.25) is 5.91 Å². The number of ether oxygens (including phenoxy) is 1. The van der Waals surface area contributed by atoms with E-state index in [4.69, 9.17) is 4.74 Å². The number of imidazole rings is 1. The Kier molecular flexibility index (Phi) is 5.25. The van der Waals surface area contributed by atoms with Gasteiger partial charge in [-0.2, -0.15) is 5.10 Å². The lowest BCUT2D eigenvalue weighted by Crippen LogP contribution is -2.35. The lowest BCUT2D eigenvalue weighted by atomic mass is 10.2. The third kappa shape index (κ3) is 3.95. The third-order valence-electron chi connectivity index (χ3n) is 3.95. The second kappa shape index (κ2) is 7.76. The molecule has 0 aliphatic carbocycles. The Hall–Kier alpha value is -2.93. The number of aromatic nitrogens is 4. The van der Waals surface area contributed by atoms with E-state index < -0.39 is 0 Å². The number of carbonyl (C=O) groups is 1. The molecule has 3 aromatic rings. The number of methoxy groups -OCH3 is 1. The molecular formula is C18H21N5O2.